The maximum absolute atomic E-state index is 13.6. The number of nitrogens with zero attached hydrogens (tertiary/aromatic N) is 2. The minimum Gasteiger partial charge on any atom is -0.357 e. The van der Waals surface area contributed by atoms with Crippen molar-refractivity contribution in [1.82, 2.24) is 15.1 Å². The van der Waals surface area contributed by atoms with Gasteiger partial charge in [0.2, 0.25) is 23.6 Å². The molecule has 1 aliphatic carbocycles. The topological polar surface area (TPSA) is 86.8 Å². The third-order valence-electron chi connectivity index (χ3n) is 6.91. The van der Waals surface area contributed by atoms with Crippen molar-refractivity contribution >= 4 is 39.6 Å². The summed E-state index contributed by atoms with van der Waals surface area (Å²) in [6.45, 7) is 0.241. The number of carbonyl (C=O) groups excluding carboxylic acids is 4. The number of likely N-dealkylation sites (N-methyl/N-ethyl adjacent to an activating group) is 1. The van der Waals surface area contributed by atoms with Gasteiger partial charge < -0.3 is 10.2 Å². The second-order valence-corrected chi connectivity index (χ2v) is 10.1. The van der Waals surface area contributed by atoms with E-state index in [9.17, 15) is 19.2 Å². The summed E-state index contributed by atoms with van der Waals surface area (Å²) in [6.07, 6.45) is 5.31. The fraction of sp³-hybridized carbons (Fsp3) is 0.357. The second-order valence-electron chi connectivity index (χ2n) is 9.21. The van der Waals surface area contributed by atoms with Crippen LogP contribution in [0.15, 0.2) is 71.2 Å². The average Bonchev–Trinajstić information content (AvgIpc) is 3.14. The number of hydrogen-bond donors (Lipinski definition) is 1. The Kier molecular flexibility index (Phi) is 8.36. The van der Waals surface area contributed by atoms with Crippen LogP contribution in [0.1, 0.15) is 30.4 Å². The molecule has 36 heavy (non-hydrogen) atoms. The van der Waals surface area contributed by atoms with Gasteiger partial charge in [-0.1, -0.05) is 70.5 Å². The third-order valence-corrected chi connectivity index (χ3v) is 7.40. The van der Waals surface area contributed by atoms with Crippen molar-refractivity contribution in [3.8, 4) is 0 Å². The van der Waals surface area contributed by atoms with Gasteiger partial charge in [-0.2, -0.15) is 0 Å². The first kappa shape index (κ1) is 25.8. The van der Waals surface area contributed by atoms with E-state index < -0.39 is 6.04 Å². The smallest absolute Gasteiger partial charge is 0.242 e. The number of likely N-dealkylation sites (tertiary alicyclic amines) is 1. The average molecular weight is 552 g/mol. The van der Waals surface area contributed by atoms with Gasteiger partial charge in [-0.3, -0.25) is 24.1 Å². The quantitative estimate of drug-likeness (QED) is 0.382. The summed E-state index contributed by atoms with van der Waals surface area (Å²) in [5.74, 6) is -1.61. The molecule has 4 rings (SSSR count). The molecule has 1 fully saturated rings. The van der Waals surface area contributed by atoms with Crippen LogP contribution in [0, 0.1) is 11.8 Å². The number of imide groups is 1. The first-order valence-corrected chi connectivity index (χ1v) is 13.0. The summed E-state index contributed by atoms with van der Waals surface area (Å²) >= 11 is 3.47. The SMILES string of the molecule is CNC(=O)[C@@H](Cc1ccccc1)N(Cc1cccc(Br)c1)C(=O)CCN1C(=O)[C@H]2CC=CC[C@H]2C1=O. The van der Waals surface area contributed by atoms with E-state index in [0.717, 1.165) is 15.6 Å². The minimum absolute atomic E-state index is 0.0181. The van der Waals surface area contributed by atoms with E-state index in [0.29, 0.717) is 19.3 Å². The van der Waals surface area contributed by atoms with Crippen molar-refractivity contribution in [3.63, 3.8) is 0 Å². The van der Waals surface area contributed by atoms with Crippen molar-refractivity contribution in [2.45, 2.75) is 38.3 Å². The number of halogens is 1. The molecule has 2 aliphatic rings. The molecular weight excluding hydrogens is 522 g/mol. The highest BCUT2D eigenvalue weighted by atomic mass is 79.9. The molecule has 4 amide bonds. The molecule has 1 aliphatic heterocycles. The first-order valence-electron chi connectivity index (χ1n) is 12.2. The highest BCUT2D eigenvalue weighted by molar-refractivity contribution is 9.10. The van der Waals surface area contributed by atoms with E-state index in [2.05, 4.69) is 21.2 Å². The monoisotopic (exact) mass is 551 g/mol. The van der Waals surface area contributed by atoms with E-state index in [1.54, 1.807) is 11.9 Å². The molecule has 0 aromatic heterocycles. The molecule has 1 N–H and O–H groups in total. The molecule has 8 heteroatoms. The number of benzene rings is 2. The Morgan fingerprint density at radius 1 is 1.00 bits per heavy atom. The Bertz CT molecular complexity index is 1140. The van der Waals surface area contributed by atoms with Crippen molar-refractivity contribution in [1.29, 1.82) is 0 Å². The molecule has 1 heterocycles. The Hall–Kier alpha value is -3.26. The number of carbonyl (C=O) groups is 4. The highest BCUT2D eigenvalue weighted by Crippen LogP contribution is 2.35. The number of rotatable bonds is 9. The molecule has 2 aromatic rings. The van der Waals surface area contributed by atoms with Gasteiger partial charge in [0.05, 0.1) is 11.8 Å². The first-order chi connectivity index (χ1) is 17.4. The van der Waals surface area contributed by atoms with E-state index in [1.165, 1.54) is 4.90 Å². The molecule has 7 nitrogen and oxygen atoms in total. The van der Waals surface area contributed by atoms with Crippen LogP contribution in [0.3, 0.4) is 0 Å². The second kappa shape index (κ2) is 11.6. The summed E-state index contributed by atoms with van der Waals surface area (Å²) in [5.41, 5.74) is 1.80. The van der Waals surface area contributed by atoms with E-state index >= 15 is 0 Å². The predicted octanol–water partition coefficient (Wildman–Crippen LogP) is 3.48. The molecule has 3 atom stereocenters. The number of fused-ring (bicyclic) bond motifs is 1. The Balaban J connectivity index is 1.56. The van der Waals surface area contributed by atoms with Gasteiger partial charge in [-0.25, -0.2) is 0 Å². The summed E-state index contributed by atoms with van der Waals surface area (Å²) in [4.78, 5) is 55.2. The van der Waals surface area contributed by atoms with Crippen molar-refractivity contribution in [2.24, 2.45) is 11.8 Å². The van der Waals surface area contributed by atoms with Crippen LogP contribution in [0.5, 0.6) is 0 Å². The van der Waals surface area contributed by atoms with Crippen LogP contribution in [0.2, 0.25) is 0 Å². The lowest BCUT2D eigenvalue weighted by Gasteiger charge is -2.31. The number of allylic oxidation sites excluding steroid dienone is 2. The van der Waals surface area contributed by atoms with Crippen LogP contribution in [-0.4, -0.2) is 53.1 Å². The van der Waals surface area contributed by atoms with Crippen molar-refractivity contribution in [2.75, 3.05) is 13.6 Å². The summed E-state index contributed by atoms with van der Waals surface area (Å²) < 4.78 is 0.872. The van der Waals surface area contributed by atoms with Gasteiger partial charge in [0, 0.05) is 37.5 Å². The van der Waals surface area contributed by atoms with E-state index in [-0.39, 0.29) is 55.0 Å². The molecule has 0 unspecified atom stereocenters. The van der Waals surface area contributed by atoms with Crippen molar-refractivity contribution < 1.29 is 19.2 Å². The van der Waals surface area contributed by atoms with Gasteiger partial charge in [-0.15, -0.1) is 0 Å². The predicted molar refractivity (Wildman–Crippen MR) is 139 cm³/mol. The van der Waals surface area contributed by atoms with Gasteiger partial charge >= 0.3 is 0 Å². The van der Waals surface area contributed by atoms with E-state index in [4.69, 9.17) is 0 Å². The Labute approximate surface area is 219 Å². The van der Waals surface area contributed by atoms with Crippen LogP contribution < -0.4 is 5.32 Å². The third kappa shape index (κ3) is 5.75. The number of hydrogen-bond acceptors (Lipinski definition) is 4. The maximum Gasteiger partial charge on any atom is 0.242 e. The fourth-order valence-electron chi connectivity index (χ4n) is 4.99. The summed E-state index contributed by atoms with van der Waals surface area (Å²) in [5, 5.41) is 2.70. The van der Waals surface area contributed by atoms with Gasteiger partial charge in [0.25, 0.3) is 0 Å². The molecule has 2 aromatic carbocycles. The Morgan fingerprint density at radius 3 is 2.25 bits per heavy atom. The van der Waals surface area contributed by atoms with Crippen LogP contribution in [0.4, 0.5) is 0 Å². The van der Waals surface area contributed by atoms with Crippen LogP contribution in [0.25, 0.3) is 0 Å². The standard InChI is InChI=1S/C28H30BrN3O4/c1-30-26(34)24(17-19-8-3-2-4-9-19)32(18-20-10-7-11-21(29)16-20)25(33)14-15-31-27(35)22-12-5-6-13-23(22)28(31)36/h2-11,16,22-24H,12-15,17-18H2,1H3,(H,30,34)/t22-,23+,24-/m1/s1. The van der Waals surface area contributed by atoms with Gasteiger partial charge in [-0.05, 0) is 36.1 Å². The van der Waals surface area contributed by atoms with Crippen LogP contribution >= 0.6 is 15.9 Å². The zero-order chi connectivity index (χ0) is 25.7. The normalized spacial score (nSPS) is 19.7. The largest absolute Gasteiger partial charge is 0.357 e. The molecule has 1 saturated heterocycles. The summed E-state index contributed by atoms with van der Waals surface area (Å²) in [7, 11) is 1.55. The lowest BCUT2D eigenvalue weighted by atomic mass is 9.85. The highest BCUT2D eigenvalue weighted by Gasteiger charge is 2.47. The number of amides is 4. The van der Waals surface area contributed by atoms with Gasteiger partial charge in [0.15, 0.2) is 0 Å². The molecule has 0 radical (unpaired) electrons. The Morgan fingerprint density at radius 2 is 1.64 bits per heavy atom. The maximum atomic E-state index is 13.6. The van der Waals surface area contributed by atoms with Crippen LogP contribution in [-0.2, 0) is 32.1 Å². The minimum atomic E-state index is -0.749. The summed E-state index contributed by atoms with van der Waals surface area (Å²) in [6, 6.07) is 16.4. The fourth-order valence-corrected chi connectivity index (χ4v) is 5.44. The molecule has 0 bridgehead atoms. The van der Waals surface area contributed by atoms with Crippen molar-refractivity contribution in [3.05, 3.63) is 82.3 Å². The molecular formula is C28H30BrN3O4. The zero-order valence-electron chi connectivity index (χ0n) is 20.2. The molecule has 0 saturated carbocycles. The molecule has 0 spiro atoms. The number of nitrogens with one attached hydrogen (secondary N) is 1. The van der Waals surface area contributed by atoms with E-state index in [1.807, 2.05) is 66.7 Å². The lowest BCUT2D eigenvalue weighted by Crippen LogP contribution is -2.50. The lowest BCUT2D eigenvalue weighted by molar-refractivity contribution is -0.144. The van der Waals surface area contributed by atoms with Gasteiger partial charge in [0.1, 0.15) is 6.04 Å². The zero-order valence-corrected chi connectivity index (χ0v) is 21.8. The molecule has 188 valence electrons.